The fourth-order valence-corrected chi connectivity index (χ4v) is 3.64. The van der Waals surface area contributed by atoms with Gasteiger partial charge in [0.25, 0.3) is 0 Å². The van der Waals surface area contributed by atoms with Crippen LogP contribution in [0.2, 0.25) is 0 Å². The molecule has 0 saturated carbocycles. The van der Waals surface area contributed by atoms with Gasteiger partial charge in [0.15, 0.2) is 0 Å². The number of benzene rings is 1. The topological polar surface area (TPSA) is 59.1 Å². The van der Waals surface area contributed by atoms with Crippen LogP contribution in [-0.4, -0.2) is 25.2 Å². The normalized spacial score (nSPS) is 12.0. The molecule has 120 valence electrons. The van der Waals surface area contributed by atoms with Gasteiger partial charge in [-0.05, 0) is 51.5 Å². The van der Waals surface area contributed by atoms with Gasteiger partial charge in [0.05, 0.1) is 10.9 Å². The largest absolute Gasteiger partial charge is 0.241 e. The molecular weight excluding hydrogens is 323 g/mol. The lowest BCUT2D eigenvalue weighted by Gasteiger charge is -2.08. The third-order valence-corrected chi connectivity index (χ3v) is 6.37. The van der Waals surface area contributed by atoms with Gasteiger partial charge in [-0.15, -0.1) is 11.3 Å². The number of rotatable bonds is 6. The lowest BCUT2D eigenvalue weighted by atomic mass is 10.2. The summed E-state index contributed by atoms with van der Waals surface area (Å²) < 4.78 is 39.0. The van der Waals surface area contributed by atoms with Crippen LogP contribution in [0, 0.1) is 12.7 Å². The van der Waals surface area contributed by atoms with Gasteiger partial charge in [-0.1, -0.05) is 0 Å². The summed E-state index contributed by atoms with van der Waals surface area (Å²) in [5.74, 6) is -0.277. The molecule has 1 heterocycles. The van der Waals surface area contributed by atoms with Crippen LogP contribution in [0.5, 0.6) is 0 Å². The van der Waals surface area contributed by atoms with Crippen molar-refractivity contribution in [1.29, 1.82) is 0 Å². The van der Waals surface area contributed by atoms with Crippen molar-refractivity contribution in [2.24, 2.45) is 0 Å². The van der Waals surface area contributed by atoms with Crippen molar-refractivity contribution in [3.8, 4) is 10.6 Å². The van der Waals surface area contributed by atoms with E-state index in [9.17, 15) is 12.8 Å². The molecule has 0 radical (unpaired) electrons. The molecule has 2 rings (SSSR count). The average molecular weight is 342 g/mol. The van der Waals surface area contributed by atoms with Gasteiger partial charge in [0.1, 0.15) is 10.8 Å². The molecule has 0 aliphatic heterocycles. The van der Waals surface area contributed by atoms with Crippen molar-refractivity contribution < 1.29 is 12.8 Å². The van der Waals surface area contributed by atoms with Crippen molar-refractivity contribution in [1.82, 2.24) is 9.71 Å². The van der Waals surface area contributed by atoms with Crippen molar-refractivity contribution in [3.63, 3.8) is 0 Å². The van der Waals surface area contributed by atoms with Crippen LogP contribution in [0.25, 0.3) is 10.6 Å². The Morgan fingerprint density at radius 3 is 2.50 bits per heavy atom. The molecule has 0 spiro atoms. The molecule has 1 aromatic carbocycles. The van der Waals surface area contributed by atoms with E-state index in [4.69, 9.17) is 0 Å². The van der Waals surface area contributed by atoms with Gasteiger partial charge >= 0.3 is 0 Å². The highest BCUT2D eigenvalue weighted by Gasteiger charge is 2.15. The minimum absolute atomic E-state index is 0.277. The minimum Gasteiger partial charge on any atom is -0.241 e. The molecule has 22 heavy (non-hydrogen) atoms. The molecule has 0 saturated heterocycles. The number of halogens is 1. The van der Waals surface area contributed by atoms with Gasteiger partial charge in [0, 0.05) is 17.0 Å². The molecule has 0 fully saturated rings. The fourth-order valence-electron chi connectivity index (χ4n) is 1.85. The maximum atomic E-state index is 12.9. The molecule has 0 atom stereocenters. The van der Waals surface area contributed by atoms with E-state index < -0.39 is 15.3 Å². The number of hydrogen-bond donors (Lipinski definition) is 1. The van der Waals surface area contributed by atoms with Crippen LogP contribution < -0.4 is 4.72 Å². The van der Waals surface area contributed by atoms with Crippen molar-refractivity contribution in [2.75, 3.05) is 6.54 Å². The Kier molecular flexibility index (Phi) is 5.31. The van der Waals surface area contributed by atoms with E-state index >= 15 is 0 Å². The molecule has 0 bridgehead atoms. The van der Waals surface area contributed by atoms with Gasteiger partial charge < -0.3 is 0 Å². The van der Waals surface area contributed by atoms with E-state index in [1.807, 2.05) is 6.92 Å². The van der Waals surface area contributed by atoms with E-state index in [2.05, 4.69) is 9.71 Å². The van der Waals surface area contributed by atoms with Crippen LogP contribution in [0.15, 0.2) is 24.3 Å². The molecule has 2 aromatic rings. The zero-order valence-corrected chi connectivity index (χ0v) is 14.4. The Labute approximate surface area is 134 Å². The molecule has 4 nitrogen and oxygen atoms in total. The summed E-state index contributed by atoms with van der Waals surface area (Å²) in [4.78, 5) is 5.51. The summed E-state index contributed by atoms with van der Waals surface area (Å²) in [6, 6.07) is 6.20. The third kappa shape index (κ3) is 4.12. The summed E-state index contributed by atoms with van der Waals surface area (Å²) in [7, 11) is -3.24. The second-order valence-electron chi connectivity index (χ2n) is 5.27. The summed E-state index contributed by atoms with van der Waals surface area (Å²) in [6.07, 6.45) is 0.594. The van der Waals surface area contributed by atoms with Crippen LogP contribution in [0.3, 0.4) is 0 Å². The van der Waals surface area contributed by atoms with Crippen molar-refractivity contribution in [3.05, 3.63) is 40.7 Å². The molecule has 1 N–H and O–H groups in total. The number of aryl methyl sites for hydroxylation is 1. The zero-order valence-electron chi connectivity index (χ0n) is 12.8. The predicted octanol–water partition coefficient (Wildman–Crippen LogP) is 3.13. The standard InChI is InChI=1S/C15H19FN2O2S2/c1-10(2)22(19,20)17-9-8-14-11(3)18-15(21-14)12-4-6-13(16)7-5-12/h4-7,10,17H,8-9H2,1-3H3. The molecule has 1 aromatic heterocycles. The lowest BCUT2D eigenvalue weighted by molar-refractivity contribution is 0.572. The monoisotopic (exact) mass is 342 g/mol. The highest BCUT2D eigenvalue weighted by atomic mass is 32.2. The number of sulfonamides is 1. The SMILES string of the molecule is Cc1nc(-c2ccc(F)cc2)sc1CCNS(=O)(=O)C(C)C. The van der Waals surface area contributed by atoms with E-state index in [-0.39, 0.29) is 5.82 Å². The first-order valence-corrected chi connectivity index (χ1v) is 9.36. The van der Waals surface area contributed by atoms with E-state index in [0.717, 1.165) is 21.1 Å². The van der Waals surface area contributed by atoms with Gasteiger partial charge in [0.2, 0.25) is 10.0 Å². The first kappa shape index (κ1) is 17.1. The minimum atomic E-state index is -3.24. The predicted molar refractivity (Wildman–Crippen MR) is 88.0 cm³/mol. The Morgan fingerprint density at radius 1 is 1.27 bits per heavy atom. The van der Waals surface area contributed by atoms with Crippen molar-refractivity contribution in [2.45, 2.75) is 32.4 Å². The Bertz CT molecular complexity index is 737. The molecule has 0 aliphatic carbocycles. The number of nitrogens with zero attached hydrogens (tertiary/aromatic N) is 1. The maximum Gasteiger partial charge on any atom is 0.213 e. The highest BCUT2D eigenvalue weighted by molar-refractivity contribution is 7.90. The Morgan fingerprint density at radius 2 is 1.91 bits per heavy atom. The van der Waals surface area contributed by atoms with Crippen LogP contribution in [-0.2, 0) is 16.4 Å². The number of thiazole rings is 1. The Hall–Kier alpha value is -1.31. The first-order valence-electron chi connectivity index (χ1n) is 7.00. The summed E-state index contributed by atoms with van der Waals surface area (Å²) >= 11 is 1.51. The quantitative estimate of drug-likeness (QED) is 0.877. The van der Waals surface area contributed by atoms with E-state index in [1.54, 1.807) is 26.0 Å². The second-order valence-corrected chi connectivity index (χ2v) is 8.68. The van der Waals surface area contributed by atoms with Gasteiger partial charge in [-0.3, -0.25) is 0 Å². The molecule has 0 amide bonds. The molecular formula is C15H19FN2O2S2. The summed E-state index contributed by atoms with van der Waals surface area (Å²) in [6.45, 7) is 5.54. The first-order chi connectivity index (χ1) is 10.3. The van der Waals surface area contributed by atoms with Gasteiger partial charge in [-0.2, -0.15) is 0 Å². The van der Waals surface area contributed by atoms with E-state index in [0.29, 0.717) is 13.0 Å². The van der Waals surface area contributed by atoms with Crippen LogP contribution >= 0.6 is 11.3 Å². The summed E-state index contributed by atoms with van der Waals surface area (Å²) in [5.41, 5.74) is 1.75. The summed E-state index contributed by atoms with van der Waals surface area (Å²) in [5, 5.41) is 0.379. The number of aromatic nitrogens is 1. The van der Waals surface area contributed by atoms with Gasteiger partial charge in [-0.25, -0.2) is 22.5 Å². The Balaban J connectivity index is 2.06. The molecule has 0 aliphatic rings. The molecule has 0 unspecified atom stereocenters. The average Bonchev–Trinajstić information content (AvgIpc) is 2.81. The fraction of sp³-hybridized carbons (Fsp3) is 0.400. The zero-order chi connectivity index (χ0) is 16.3. The maximum absolute atomic E-state index is 12.9. The van der Waals surface area contributed by atoms with Crippen LogP contribution in [0.1, 0.15) is 24.4 Å². The van der Waals surface area contributed by atoms with Crippen LogP contribution in [0.4, 0.5) is 4.39 Å². The smallest absolute Gasteiger partial charge is 0.213 e. The lowest BCUT2D eigenvalue weighted by Crippen LogP contribution is -2.32. The number of hydrogen-bond acceptors (Lipinski definition) is 4. The van der Waals surface area contributed by atoms with E-state index in [1.165, 1.54) is 23.5 Å². The van der Waals surface area contributed by atoms with Crippen molar-refractivity contribution >= 4 is 21.4 Å². The number of nitrogens with one attached hydrogen (secondary N) is 1. The second kappa shape index (κ2) is 6.85. The molecule has 7 heteroatoms. The highest BCUT2D eigenvalue weighted by Crippen LogP contribution is 2.28. The third-order valence-electron chi connectivity index (χ3n) is 3.26.